The molecule has 0 saturated heterocycles. The zero-order chi connectivity index (χ0) is 14.0. The summed E-state index contributed by atoms with van der Waals surface area (Å²) in [5, 5.41) is 0.744. The lowest BCUT2D eigenvalue weighted by molar-refractivity contribution is -0.149. The van der Waals surface area contributed by atoms with E-state index >= 15 is 0 Å². The van der Waals surface area contributed by atoms with Gasteiger partial charge in [-0.3, -0.25) is 4.79 Å². The zero-order valence-electron chi connectivity index (χ0n) is 11.4. The summed E-state index contributed by atoms with van der Waals surface area (Å²) in [5.41, 5.74) is 1.70. The van der Waals surface area contributed by atoms with E-state index in [1.807, 2.05) is 31.2 Å². The molecule has 1 aliphatic rings. The van der Waals surface area contributed by atoms with Gasteiger partial charge in [0.1, 0.15) is 0 Å². The molecule has 0 radical (unpaired) electrons. The van der Waals surface area contributed by atoms with Crippen molar-refractivity contribution in [1.29, 1.82) is 0 Å². The van der Waals surface area contributed by atoms with Crippen LogP contribution >= 0.6 is 11.6 Å². The summed E-state index contributed by atoms with van der Waals surface area (Å²) in [5.74, 6) is 0.168. The minimum atomic E-state index is -0.522. The number of methoxy groups -OCH3 is 1. The average Bonchev–Trinajstić information content (AvgIpc) is 2.70. The second kappa shape index (κ2) is 5.38. The monoisotopic (exact) mass is 278 g/mol. The maximum atomic E-state index is 11.9. The molecule has 0 aliphatic heterocycles. The van der Waals surface area contributed by atoms with Crippen molar-refractivity contribution >= 4 is 17.6 Å². The highest BCUT2D eigenvalue weighted by molar-refractivity contribution is 6.30. The first-order valence-electron chi connectivity index (χ1n) is 6.49. The Kier molecular flexibility index (Phi) is 4.00. The van der Waals surface area contributed by atoms with Gasteiger partial charge in [-0.1, -0.05) is 35.9 Å². The number of carbonyl (C=O) groups excluding carboxylic acids is 1. The second-order valence-electron chi connectivity index (χ2n) is 5.42. The summed E-state index contributed by atoms with van der Waals surface area (Å²) in [4.78, 5) is 11.9. The molecule has 1 aromatic carbocycles. The highest BCUT2D eigenvalue weighted by Gasteiger charge is 2.45. The smallest absolute Gasteiger partial charge is 0.315 e. The fraction of sp³-hybridized carbons (Fsp3) is 0.438. The molecule has 1 aromatic rings. The summed E-state index contributed by atoms with van der Waals surface area (Å²) in [6, 6.07) is 7.86. The van der Waals surface area contributed by atoms with Gasteiger partial charge in [0.05, 0.1) is 12.5 Å². The van der Waals surface area contributed by atoms with Crippen molar-refractivity contribution in [1.82, 2.24) is 0 Å². The van der Waals surface area contributed by atoms with E-state index < -0.39 is 5.41 Å². The van der Waals surface area contributed by atoms with Crippen molar-refractivity contribution in [2.45, 2.75) is 26.2 Å². The molecule has 2 rings (SSSR count). The van der Waals surface area contributed by atoms with Gasteiger partial charge in [0.15, 0.2) is 0 Å². The number of rotatable bonds is 3. The summed E-state index contributed by atoms with van der Waals surface area (Å²) in [7, 11) is 1.44. The molecular formula is C16H19ClO2. The molecular weight excluding hydrogens is 260 g/mol. The van der Waals surface area contributed by atoms with Crippen LogP contribution in [0.15, 0.2) is 36.4 Å². The molecule has 2 nitrogen and oxygen atoms in total. The normalized spacial score (nSPS) is 26.5. The Morgan fingerprint density at radius 3 is 2.68 bits per heavy atom. The summed E-state index contributed by atoms with van der Waals surface area (Å²) < 4.78 is 4.90. The van der Waals surface area contributed by atoms with E-state index in [-0.39, 0.29) is 5.97 Å². The second-order valence-corrected chi connectivity index (χ2v) is 5.85. The van der Waals surface area contributed by atoms with Gasteiger partial charge in [-0.2, -0.15) is 0 Å². The van der Waals surface area contributed by atoms with E-state index in [1.165, 1.54) is 12.7 Å². The molecule has 0 bridgehead atoms. The summed E-state index contributed by atoms with van der Waals surface area (Å²) >= 11 is 5.88. The largest absolute Gasteiger partial charge is 0.468 e. The van der Waals surface area contributed by atoms with Crippen molar-refractivity contribution in [3.05, 3.63) is 47.0 Å². The van der Waals surface area contributed by atoms with Crippen molar-refractivity contribution in [3.8, 4) is 0 Å². The Labute approximate surface area is 119 Å². The van der Waals surface area contributed by atoms with Gasteiger partial charge in [-0.25, -0.2) is 0 Å². The highest BCUT2D eigenvalue weighted by atomic mass is 35.5. The molecule has 2 unspecified atom stereocenters. The predicted molar refractivity (Wildman–Crippen MR) is 77.1 cm³/mol. The van der Waals surface area contributed by atoms with Gasteiger partial charge >= 0.3 is 5.97 Å². The van der Waals surface area contributed by atoms with Crippen LogP contribution in [0, 0.1) is 11.3 Å². The lowest BCUT2D eigenvalue weighted by Gasteiger charge is -2.24. The lowest BCUT2D eigenvalue weighted by Crippen LogP contribution is -2.28. The molecule has 0 heterocycles. The molecule has 3 heteroatoms. The van der Waals surface area contributed by atoms with Crippen LogP contribution in [-0.4, -0.2) is 13.1 Å². The van der Waals surface area contributed by atoms with E-state index in [2.05, 4.69) is 6.58 Å². The van der Waals surface area contributed by atoms with Gasteiger partial charge in [0.2, 0.25) is 0 Å². The first-order chi connectivity index (χ1) is 8.97. The van der Waals surface area contributed by atoms with Crippen LogP contribution in [0.2, 0.25) is 5.02 Å². The van der Waals surface area contributed by atoms with E-state index in [0.717, 1.165) is 29.9 Å². The maximum Gasteiger partial charge on any atom is 0.315 e. The summed E-state index contributed by atoms with van der Waals surface area (Å²) in [6.45, 7) is 6.08. The van der Waals surface area contributed by atoms with Gasteiger partial charge in [0.25, 0.3) is 0 Å². The SMILES string of the molecule is C=C1C(Cc2ccc(Cl)cc2)CCC1(C)C(=O)OC. The van der Waals surface area contributed by atoms with Crippen LogP contribution in [-0.2, 0) is 16.0 Å². The molecule has 0 N–H and O–H groups in total. The topological polar surface area (TPSA) is 26.3 Å². The molecule has 1 saturated carbocycles. The van der Waals surface area contributed by atoms with Gasteiger partial charge in [0, 0.05) is 5.02 Å². The number of halogens is 1. The van der Waals surface area contributed by atoms with Crippen LogP contribution < -0.4 is 0 Å². The van der Waals surface area contributed by atoms with Crippen molar-refractivity contribution in [3.63, 3.8) is 0 Å². The molecule has 2 atom stereocenters. The molecule has 0 spiro atoms. The van der Waals surface area contributed by atoms with E-state index in [9.17, 15) is 4.79 Å². The molecule has 0 amide bonds. The Hall–Kier alpha value is -1.28. The van der Waals surface area contributed by atoms with Crippen LogP contribution in [0.3, 0.4) is 0 Å². The fourth-order valence-electron chi connectivity index (χ4n) is 2.84. The average molecular weight is 279 g/mol. The fourth-order valence-corrected chi connectivity index (χ4v) is 2.96. The van der Waals surface area contributed by atoms with Crippen molar-refractivity contribution in [2.24, 2.45) is 11.3 Å². The Morgan fingerprint density at radius 2 is 2.11 bits per heavy atom. The molecule has 0 aromatic heterocycles. The van der Waals surface area contributed by atoms with Crippen molar-refractivity contribution < 1.29 is 9.53 Å². The highest BCUT2D eigenvalue weighted by Crippen LogP contribution is 2.47. The van der Waals surface area contributed by atoms with Gasteiger partial charge in [-0.15, -0.1) is 0 Å². The molecule has 1 fully saturated rings. The third-order valence-electron chi connectivity index (χ3n) is 4.23. The molecule has 102 valence electrons. The van der Waals surface area contributed by atoms with Gasteiger partial charge in [-0.05, 0) is 49.8 Å². The van der Waals surface area contributed by atoms with Crippen molar-refractivity contribution in [2.75, 3.05) is 7.11 Å². The first-order valence-corrected chi connectivity index (χ1v) is 6.87. The number of hydrogen-bond donors (Lipinski definition) is 0. The minimum absolute atomic E-state index is 0.170. The zero-order valence-corrected chi connectivity index (χ0v) is 12.2. The Morgan fingerprint density at radius 1 is 1.47 bits per heavy atom. The van der Waals surface area contributed by atoms with Crippen LogP contribution in [0.4, 0.5) is 0 Å². The predicted octanol–water partition coefficient (Wildman–Crippen LogP) is 4.03. The minimum Gasteiger partial charge on any atom is -0.468 e. The van der Waals surface area contributed by atoms with Crippen LogP contribution in [0.25, 0.3) is 0 Å². The number of ether oxygens (including phenoxy) is 1. The summed E-state index contributed by atoms with van der Waals surface area (Å²) in [6.07, 6.45) is 2.70. The third-order valence-corrected chi connectivity index (χ3v) is 4.48. The third kappa shape index (κ3) is 2.69. The number of benzene rings is 1. The quantitative estimate of drug-likeness (QED) is 0.616. The van der Waals surface area contributed by atoms with E-state index in [0.29, 0.717) is 5.92 Å². The first kappa shape index (κ1) is 14.1. The Balaban J connectivity index is 2.10. The van der Waals surface area contributed by atoms with Crippen LogP contribution in [0.5, 0.6) is 0 Å². The molecule has 19 heavy (non-hydrogen) atoms. The van der Waals surface area contributed by atoms with Gasteiger partial charge < -0.3 is 4.74 Å². The van der Waals surface area contributed by atoms with E-state index in [1.54, 1.807) is 0 Å². The lowest BCUT2D eigenvalue weighted by atomic mass is 9.82. The number of esters is 1. The standard InChI is InChI=1S/C16H19ClO2/c1-11-13(8-9-16(11,2)15(18)19-3)10-12-4-6-14(17)7-5-12/h4-7,13H,1,8-10H2,2-3H3. The number of hydrogen-bond acceptors (Lipinski definition) is 2. The van der Waals surface area contributed by atoms with Crippen LogP contribution in [0.1, 0.15) is 25.3 Å². The molecule has 1 aliphatic carbocycles. The number of carbonyl (C=O) groups is 1. The van der Waals surface area contributed by atoms with E-state index in [4.69, 9.17) is 16.3 Å². The maximum absolute atomic E-state index is 11.9. The Bertz CT molecular complexity index is 492.